The standard InChI is InChI=1S/C17H22O6S/c1-4-22-15(19)12-10(18)9-17(3,21)14(16(20)23-5-2)13(12)11-7-6-8-24-11/h6-8,12-14,21H,4-5,9H2,1-3H3/t12-,13+,14+,17+/m0/s1. The normalized spacial score (nSPS) is 30.0. The van der Waals surface area contributed by atoms with Crippen LogP contribution >= 0.6 is 11.3 Å². The summed E-state index contributed by atoms with van der Waals surface area (Å²) in [5, 5.41) is 12.5. The van der Waals surface area contributed by atoms with E-state index in [1.54, 1.807) is 31.4 Å². The molecule has 0 bridgehead atoms. The number of esters is 2. The lowest BCUT2D eigenvalue weighted by molar-refractivity contribution is -0.172. The summed E-state index contributed by atoms with van der Waals surface area (Å²) in [6.07, 6.45) is -0.290. The summed E-state index contributed by atoms with van der Waals surface area (Å²) in [6.45, 7) is 5.06. The van der Waals surface area contributed by atoms with Crippen LogP contribution in [0.2, 0.25) is 0 Å². The quantitative estimate of drug-likeness (QED) is 0.642. The van der Waals surface area contributed by atoms with Crippen LogP contribution in [0.25, 0.3) is 0 Å². The van der Waals surface area contributed by atoms with Gasteiger partial charge in [-0.3, -0.25) is 14.4 Å². The second-order valence-corrected chi connectivity index (χ2v) is 6.98. The number of carbonyl (C=O) groups excluding carboxylic acids is 3. The second kappa shape index (κ2) is 7.44. The minimum absolute atomic E-state index is 0.139. The molecule has 24 heavy (non-hydrogen) atoms. The molecule has 2 rings (SSSR count). The van der Waals surface area contributed by atoms with E-state index in [-0.39, 0.29) is 19.6 Å². The Kier molecular flexibility index (Phi) is 5.77. The number of thiophene rings is 1. The van der Waals surface area contributed by atoms with Crippen LogP contribution in [0.5, 0.6) is 0 Å². The van der Waals surface area contributed by atoms with Gasteiger partial charge in [0, 0.05) is 17.2 Å². The van der Waals surface area contributed by atoms with Crippen molar-refractivity contribution >= 4 is 29.1 Å². The smallest absolute Gasteiger partial charge is 0.317 e. The summed E-state index contributed by atoms with van der Waals surface area (Å²) < 4.78 is 10.2. The van der Waals surface area contributed by atoms with Crippen LogP contribution in [0, 0.1) is 11.8 Å². The molecule has 1 aliphatic rings. The Bertz CT molecular complexity index is 607. The highest BCUT2D eigenvalue weighted by Crippen LogP contribution is 2.47. The lowest BCUT2D eigenvalue weighted by atomic mass is 9.63. The van der Waals surface area contributed by atoms with Crippen LogP contribution in [-0.4, -0.2) is 41.6 Å². The van der Waals surface area contributed by atoms with Crippen molar-refractivity contribution < 1.29 is 29.0 Å². The molecule has 1 fully saturated rings. The summed E-state index contributed by atoms with van der Waals surface area (Å²) in [6, 6.07) is 3.53. The summed E-state index contributed by atoms with van der Waals surface area (Å²) in [7, 11) is 0. The van der Waals surface area contributed by atoms with Gasteiger partial charge in [-0.05, 0) is 32.2 Å². The van der Waals surface area contributed by atoms with Gasteiger partial charge < -0.3 is 14.6 Å². The van der Waals surface area contributed by atoms with E-state index in [2.05, 4.69) is 0 Å². The van der Waals surface area contributed by atoms with Crippen LogP contribution in [0.4, 0.5) is 0 Å². The van der Waals surface area contributed by atoms with Crippen molar-refractivity contribution in [3.63, 3.8) is 0 Å². The van der Waals surface area contributed by atoms with Crippen molar-refractivity contribution in [2.24, 2.45) is 11.8 Å². The fourth-order valence-electron chi connectivity index (χ4n) is 3.30. The summed E-state index contributed by atoms with van der Waals surface area (Å²) in [4.78, 5) is 38.1. The molecule has 132 valence electrons. The van der Waals surface area contributed by atoms with Gasteiger partial charge in [-0.25, -0.2) is 0 Å². The largest absolute Gasteiger partial charge is 0.466 e. The van der Waals surface area contributed by atoms with Gasteiger partial charge in [0.25, 0.3) is 0 Å². The maximum absolute atomic E-state index is 12.5. The molecule has 0 aliphatic heterocycles. The monoisotopic (exact) mass is 354 g/mol. The van der Waals surface area contributed by atoms with Gasteiger partial charge in [0.05, 0.1) is 24.7 Å². The molecule has 0 amide bonds. The van der Waals surface area contributed by atoms with Crippen LogP contribution in [0.1, 0.15) is 38.0 Å². The van der Waals surface area contributed by atoms with E-state index in [0.717, 1.165) is 0 Å². The first-order valence-corrected chi connectivity index (χ1v) is 8.83. The molecule has 6 nitrogen and oxygen atoms in total. The van der Waals surface area contributed by atoms with Crippen molar-refractivity contribution in [1.82, 2.24) is 0 Å². The van der Waals surface area contributed by atoms with E-state index >= 15 is 0 Å². The fourth-order valence-corrected chi connectivity index (χ4v) is 4.21. The number of hydrogen-bond acceptors (Lipinski definition) is 7. The number of ketones is 1. The van der Waals surface area contributed by atoms with Gasteiger partial charge in [0.1, 0.15) is 5.92 Å². The molecule has 0 spiro atoms. The maximum atomic E-state index is 12.5. The van der Waals surface area contributed by atoms with Crippen molar-refractivity contribution in [2.45, 2.75) is 38.7 Å². The zero-order valence-corrected chi connectivity index (χ0v) is 14.8. The third kappa shape index (κ3) is 3.52. The molecular weight excluding hydrogens is 332 g/mol. The van der Waals surface area contributed by atoms with Crippen LogP contribution in [0.15, 0.2) is 17.5 Å². The highest BCUT2D eigenvalue weighted by atomic mass is 32.1. The first kappa shape index (κ1) is 18.6. The highest BCUT2D eigenvalue weighted by Gasteiger charge is 2.57. The fraction of sp³-hybridized carbons (Fsp3) is 0.588. The average Bonchev–Trinajstić information content (AvgIpc) is 2.99. The molecule has 1 N–H and O–H groups in total. The molecule has 0 aromatic carbocycles. The molecule has 1 aromatic rings. The highest BCUT2D eigenvalue weighted by molar-refractivity contribution is 7.10. The predicted octanol–water partition coefficient (Wildman–Crippen LogP) is 1.91. The first-order chi connectivity index (χ1) is 11.3. The van der Waals surface area contributed by atoms with Crippen LogP contribution in [0.3, 0.4) is 0 Å². The minimum atomic E-state index is -1.58. The van der Waals surface area contributed by atoms with E-state index < -0.39 is 41.1 Å². The molecule has 1 aromatic heterocycles. The lowest BCUT2D eigenvalue weighted by Gasteiger charge is -2.43. The Morgan fingerprint density at radius 1 is 1.29 bits per heavy atom. The number of aliphatic hydroxyl groups is 1. The Morgan fingerprint density at radius 3 is 2.46 bits per heavy atom. The van der Waals surface area contributed by atoms with Gasteiger partial charge in [-0.2, -0.15) is 0 Å². The summed E-state index contributed by atoms with van der Waals surface area (Å²) in [5.41, 5.74) is -1.58. The number of hydrogen-bond donors (Lipinski definition) is 1. The number of rotatable bonds is 5. The third-order valence-electron chi connectivity index (χ3n) is 4.22. The maximum Gasteiger partial charge on any atom is 0.317 e. The van der Waals surface area contributed by atoms with E-state index in [1.807, 2.05) is 0 Å². The Balaban J connectivity index is 2.53. The van der Waals surface area contributed by atoms with Crippen molar-refractivity contribution in [3.05, 3.63) is 22.4 Å². The van der Waals surface area contributed by atoms with Gasteiger partial charge in [-0.15, -0.1) is 11.3 Å². The molecule has 0 radical (unpaired) electrons. The topological polar surface area (TPSA) is 89.9 Å². The van der Waals surface area contributed by atoms with Crippen LogP contribution in [-0.2, 0) is 23.9 Å². The predicted molar refractivity (Wildman–Crippen MR) is 87.6 cm³/mol. The zero-order valence-electron chi connectivity index (χ0n) is 14.0. The molecule has 1 aliphatic carbocycles. The SMILES string of the molecule is CCOC(=O)[C@H]1C(=O)C[C@@](C)(O)[C@@H](C(=O)OCC)[C@@H]1c1cccs1. The Labute approximate surface area is 144 Å². The van der Waals surface area contributed by atoms with E-state index in [4.69, 9.17) is 9.47 Å². The molecular formula is C17H22O6S. The van der Waals surface area contributed by atoms with Gasteiger partial charge in [-0.1, -0.05) is 6.07 Å². The lowest BCUT2D eigenvalue weighted by Crippen LogP contribution is -2.55. The van der Waals surface area contributed by atoms with Crippen molar-refractivity contribution in [2.75, 3.05) is 13.2 Å². The van der Waals surface area contributed by atoms with Gasteiger partial charge in [0.2, 0.25) is 0 Å². The molecule has 7 heteroatoms. The van der Waals surface area contributed by atoms with Crippen LogP contribution < -0.4 is 0 Å². The van der Waals surface area contributed by atoms with Gasteiger partial charge >= 0.3 is 11.9 Å². The molecule has 0 unspecified atom stereocenters. The second-order valence-electron chi connectivity index (χ2n) is 6.00. The third-order valence-corrected chi connectivity index (χ3v) is 5.19. The van der Waals surface area contributed by atoms with E-state index in [9.17, 15) is 19.5 Å². The van der Waals surface area contributed by atoms with Crippen molar-refractivity contribution in [3.8, 4) is 0 Å². The minimum Gasteiger partial charge on any atom is -0.466 e. The molecule has 1 heterocycles. The summed E-state index contributed by atoms with van der Waals surface area (Å²) >= 11 is 1.33. The number of carbonyl (C=O) groups is 3. The molecule has 4 atom stereocenters. The summed E-state index contributed by atoms with van der Waals surface area (Å²) in [5.74, 6) is -4.61. The Hall–Kier alpha value is -1.73. The van der Waals surface area contributed by atoms with E-state index in [0.29, 0.717) is 4.88 Å². The van der Waals surface area contributed by atoms with Crippen molar-refractivity contribution in [1.29, 1.82) is 0 Å². The van der Waals surface area contributed by atoms with Gasteiger partial charge in [0.15, 0.2) is 5.78 Å². The first-order valence-electron chi connectivity index (χ1n) is 7.95. The molecule has 1 saturated carbocycles. The average molecular weight is 354 g/mol. The Morgan fingerprint density at radius 2 is 1.92 bits per heavy atom. The number of Topliss-reactive ketones (excluding diaryl/α,β-unsaturated/α-hetero) is 1. The number of ether oxygens (including phenoxy) is 2. The molecule has 0 saturated heterocycles. The zero-order chi connectivity index (χ0) is 17.9. The van der Waals surface area contributed by atoms with E-state index in [1.165, 1.54) is 18.3 Å².